The van der Waals surface area contributed by atoms with Gasteiger partial charge in [-0.25, -0.2) is 0 Å². The lowest BCUT2D eigenvalue weighted by Crippen LogP contribution is -1.96. The van der Waals surface area contributed by atoms with Crippen LogP contribution in [0.25, 0.3) is 0 Å². The molecular formula is C14H12ClNO4. The quantitative estimate of drug-likeness (QED) is 0.686. The zero-order valence-corrected chi connectivity index (χ0v) is 11.4. The van der Waals surface area contributed by atoms with Crippen LogP contribution in [0.5, 0.6) is 11.5 Å². The van der Waals surface area contributed by atoms with E-state index in [2.05, 4.69) is 0 Å². The molecule has 0 aliphatic heterocycles. The maximum atomic E-state index is 11.1. The number of aryl methyl sites for hydroxylation is 1. The molecule has 20 heavy (non-hydrogen) atoms. The van der Waals surface area contributed by atoms with Gasteiger partial charge in [-0.05, 0) is 30.7 Å². The first-order valence-electron chi connectivity index (χ1n) is 5.84. The Hall–Kier alpha value is -2.11. The van der Waals surface area contributed by atoms with Crippen molar-refractivity contribution < 1.29 is 14.8 Å². The first-order valence-corrected chi connectivity index (χ1v) is 6.22. The summed E-state index contributed by atoms with van der Waals surface area (Å²) in [6, 6.07) is 9.58. The number of rotatable bonds is 4. The summed E-state index contributed by atoms with van der Waals surface area (Å²) in [6.45, 7) is 1.47. The molecule has 0 aliphatic carbocycles. The fraction of sp³-hybridized carbons (Fsp3) is 0.143. The van der Waals surface area contributed by atoms with Crippen molar-refractivity contribution in [3.8, 4) is 11.5 Å². The molecule has 5 nitrogen and oxygen atoms in total. The lowest BCUT2D eigenvalue weighted by molar-refractivity contribution is -0.386. The van der Waals surface area contributed by atoms with Gasteiger partial charge in [0, 0.05) is 10.6 Å². The number of nitro groups is 1. The summed E-state index contributed by atoms with van der Waals surface area (Å²) in [5, 5.41) is 20.5. The third kappa shape index (κ3) is 2.89. The topological polar surface area (TPSA) is 72.6 Å². The normalized spacial score (nSPS) is 10.3. The van der Waals surface area contributed by atoms with Crippen molar-refractivity contribution in [2.24, 2.45) is 0 Å². The van der Waals surface area contributed by atoms with Crippen LogP contribution in [0.3, 0.4) is 0 Å². The zero-order chi connectivity index (χ0) is 14.7. The lowest BCUT2D eigenvalue weighted by atomic mass is 10.2. The summed E-state index contributed by atoms with van der Waals surface area (Å²) < 4.78 is 5.52. The largest absolute Gasteiger partial charge is 0.450 e. The van der Waals surface area contributed by atoms with E-state index < -0.39 is 4.92 Å². The number of aliphatic hydroxyl groups is 1. The van der Waals surface area contributed by atoms with Gasteiger partial charge in [0.2, 0.25) is 5.75 Å². The van der Waals surface area contributed by atoms with Gasteiger partial charge in [0.1, 0.15) is 5.75 Å². The van der Waals surface area contributed by atoms with Gasteiger partial charge in [-0.15, -0.1) is 0 Å². The molecule has 0 saturated heterocycles. The summed E-state index contributed by atoms with van der Waals surface area (Å²) in [5.41, 5.74) is 1.01. The molecule has 1 N–H and O–H groups in total. The summed E-state index contributed by atoms with van der Waals surface area (Å²) in [4.78, 5) is 10.6. The van der Waals surface area contributed by atoms with Crippen LogP contribution in [0.15, 0.2) is 36.4 Å². The first-order chi connectivity index (χ1) is 9.52. The van der Waals surface area contributed by atoms with E-state index in [1.54, 1.807) is 31.2 Å². The SMILES string of the molecule is Cc1cccc(Oc2ccc(CO)c(Cl)c2)c1[N+](=O)[O-]. The molecule has 0 bridgehead atoms. The highest BCUT2D eigenvalue weighted by Gasteiger charge is 2.18. The van der Waals surface area contributed by atoms with Gasteiger partial charge >= 0.3 is 5.69 Å². The van der Waals surface area contributed by atoms with Crippen LogP contribution in [0.4, 0.5) is 5.69 Å². The van der Waals surface area contributed by atoms with Crippen LogP contribution in [-0.2, 0) is 6.61 Å². The smallest absolute Gasteiger partial charge is 0.314 e. The second-order valence-corrected chi connectivity index (χ2v) is 4.60. The molecule has 0 atom stereocenters. The average Bonchev–Trinajstić information content (AvgIpc) is 2.38. The minimum absolute atomic E-state index is 0.0742. The van der Waals surface area contributed by atoms with Crippen molar-refractivity contribution in [3.63, 3.8) is 0 Å². The number of aliphatic hydroxyl groups excluding tert-OH is 1. The van der Waals surface area contributed by atoms with Crippen molar-refractivity contribution in [1.82, 2.24) is 0 Å². The van der Waals surface area contributed by atoms with Crippen LogP contribution >= 0.6 is 11.6 Å². The second kappa shape index (κ2) is 5.90. The Morgan fingerprint density at radius 1 is 1.35 bits per heavy atom. The lowest BCUT2D eigenvalue weighted by Gasteiger charge is -2.09. The second-order valence-electron chi connectivity index (χ2n) is 4.19. The summed E-state index contributed by atoms with van der Waals surface area (Å²) >= 11 is 5.96. The molecule has 0 radical (unpaired) electrons. The summed E-state index contributed by atoms with van der Waals surface area (Å²) in [7, 11) is 0. The fourth-order valence-corrected chi connectivity index (χ4v) is 2.03. The number of hydrogen-bond acceptors (Lipinski definition) is 4. The maximum Gasteiger partial charge on any atom is 0.314 e. The van der Waals surface area contributed by atoms with Crippen LogP contribution in [0.1, 0.15) is 11.1 Å². The first kappa shape index (κ1) is 14.3. The van der Waals surface area contributed by atoms with E-state index in [-0.39, 0.29) is 18.0 Å². The van der Waals surface area contributed by atoms with E-state index in [0.29, 0.717) is 21.9 Å². The third-order valence-corrected chi connectivity index (χ3v) is 3.16. The zero-order valence-electron chi connectivity index (χ0n) is 10.7. The monoisotopic (exact) mass is 293 g/mol. The molecule has 0 aliphatic rings. The van der Waals surface area contributed by atoms with Gasteiger partial charge in [-0.2, -0.15) is 0 Å². The van der Waals surface area contributed by atoms with Crippen molar-refractivity contribution in [1.29, 1.82) is 0 Å². The minimum Gasteiger partial charge on any atom is -0.450 e. The van der Waals surface area contributed by atoms with Gasteiger partial charge < -0.3 is 9.84 Å². The Labute approximate surface area is 120 Å². The Morgan fingerprint density at radius 2 is 2.10 bits per heavy atom. The molecule has 0 saturated carbocycles. The van der Waals surface area contributed by atoms with E-state index in [9.17, 15) is 10.1 Å². The van der Waals surface area contributed by atoms with E-state index >= 15 is 0 Å². The van der Waals surface area contributed by atoms with Crippen LogP contribution in [-0.4, -0.2) is 10.0 Å². The van der Waals surface area contributed by atoms with E-state index in [4.69, 9.17) is 21.4 Å². The van der Waals surface area contributed by atoms with Crippen LogP contribution < -0.4 is 4.74 Å². The van der Waals surface area contributed by atoms with Crippen molar-refractivity contribution in [2.75, 3.05) is 0 Å². The highest BCUT2D eigenvalue weighted by Crippen LogP contribution is 2.35. The predicted octanol–water partition coefficient (Wildman–Crippen LogP) is 3.84. The molecule has 0 heterocycles. The molecule has 0 unspecified atom stereocenters. The van der Waals surface area contributed by atoms with Gasteiger partial charge in [0.25, 0.3) is 0 Å². The molecule has 0 amide bonds. The minimum atomic E-state index is -0.478. The third-order valence-electron chi connectivity index (χ3n) is 2.81. The van der Waals surface area contributed by atoms with Crippen molar-refractivity contribution >= 4 is 17.3 Å². The molecule has 2 rings (SSSR count). The van der Waals surface area contributed by atoms with Gasteiger partial charge in [0.05, 0.1) is 11.5 Å². The summed E-state index contributed by atoms with van der Waals surface area (Å²) in [5.74, 6) is 0.531. The highest BCUT2D eigenvalue weighted by atomic mass is 35.5. The molecular weight excluding hydrogens is 282 g/mol. The van der Waals surface area contributed by atoms with Crippen LogP contribution in [0, 0.1) is 17.0 Å². The molecule has 104 valence electrons. The number of benzene rings is 2. The Bertz CT molecular complexity index is 658. The number of ether oxygens (including phenoxy) is 1. The Kier molecular flexibility index (Phi) is 4.22. The number of nitrogens with zero attached hydrogens (tertiary/aromatic N) is 1. The molecule has 0 fully saturated rings. The Balaban J connectivity index is 2.38. The summed E-state index contributed by atoms with van der Waals surface area (Å²) in [6.07, 6.45) is 0. The molecule has 6 heteroatoms. The number of nitro benzene ring substituents is 1. The van der Waals surface area contributed by atoms with Crippen molar-refractivity contribution in [2.45, 2.75) is 13.5 Å². The van der Waals surface area contributed by atoms with Gasteiger partial charge in [-0.3, -0.25) is 10.1 Å². The Morgan fingerprint density at radius 3 is 2.70 bits per heavy atom. The average molecular weight is 294 g/mol. The van der Waals surface area contributed by atoms with Crippen LogP contribution in [0.2, 0.25) is 5.02 Å². The molecule has 0 spiro atoms. The maximum absolute atomic E-state index is 11.1. The predicted molar refractivity (Wildman–Crippen MR) is 75.3 cm³/mol. The van der Waals surface area contributed by atoms with Crippen molar-refractivity contribution in [3.05, 3.63) is 62.7 Å². The number of halogens is 1. The fourth-order valence-electron chi connectivity index (χ4n) is 1.80. The van der Waals surface area contributed by atoms with Gasteiger partial charge in [-0.1, -0.05) is 29.8 Å². The molecule has 0 aromatic heterocycles. The van der Waals surface area contributed by atoms with Gasteiger partial charge in [0.15, 0.2) is 0 Å². The standard InChI is InChI=1S/C14H12ClNO4/c1-9-3-2-4-13(14(9)16(18)19)20-11-6-5-10(8-17)12(15)7-11/h2-7,17H,8H2,1H3. The molecule has 2 aromatic rings. The van der Waals surface area contributed by atoms with E-state index in [1.165, 1.54) is 12.1 Å². The number of para-hydroxylation sites is 1. The highest BCUT2D eigenvalue weighted by molar-refractivity contribution is 6.31. The molecule has 2 aromatic carbocycles. The number of hydrogen-bond donors (Lipinski definition) is 1. The van der Waals surface area contributed by atoms with E-state index in [1.807, 2.05) is 0 Å². The van der Waals surface area contributed by atoms with E-state index in [0.717, 1.165) is 0 Å².